The van der Waals surface area contributed by atoms with E-state index in [9.17, 15) is 39.4 Å². The van der Waals surface area contributed by atoms with Crippen molar-refractivity contribution in [2.75, 3.05) is 0 Å². The lowest BCUT2D eigenvalue weighted by Gasteiger charge is -2.21. The van der Waals surface area contributed by atoms with E-state index in [1.54, 1.807) is 27.7 Å². The smallest absolute Gasteiger partial charge is 0.311 e. The number of hydrogen-bond acceptors (Lipinski definition) is 12. The maximum absolute atomic E-state index is 12.0. The summed E-state index contributed by atoms with van der Waals surface area (Å²) < 4.78 is 21.0. The number of esters is 4. The summed E-state index contributed by atoms with van der Waals surface area (Å²) in [5.41, 5.74) is -0.334. The molecule has 0 bridgehead atoms. The highest BCUT2D eigenvalue weighted by Crippen LogP contribution is 2.40. The van der Waals surface area contributed by atoms with Crippen molar-refractivity contribution in [2.45, 2.75) is 80.1 Å². The third-order valence-electron chi connectivity index (χ3n) is 6.79. The molecule has 44 heavy (non-hydrogen) atoms. The van der Waals surface area contributed by atoms with E-state index in [2.05, 4.69) is 0 Å². The molecule has 2 aromatic rings. The zero-order valence-electron chi connectivity index (χ0n) is 25.5. The maximum atomic E-state index is 12.0. The third-order valence-corrected chi connectivity index (χ3v) is 6.79. The Kier molecular flexibility index (Phi) is 12.9. The van der Waals surface area contributed by atoms with Crippen LogP contribution < -0.4 is 18.9 Å². The standard InChI is InChI=1S/C30H36N2O12/c1-7-27(33)41-23-13-19(21(31(37)38)15-25(23)43-29(35)9-3)11-17(5)18(6)12-20-14-24(42-28(34)8-2)26(44-30(36)10-4)16-22(20)32(39)40/h13-18H,7-12H2,1-6H3/t17-,18+. The lowest BCUT2D eigenvalue weighted by molar-refractivity contribution is -0.386. The molecule has 0 aliphatic carbocycles. The van der Waals surface area contributed by atoms with Gasteiger partial charge in [-0.15, -0.1) is 0 Å². The Hall–Kier alpha value is -4.88. The Morgan fingerprint density at radius 3 is 1.05 bits per heavy atom. The fraction of sp³-hybridized carbons (Fsp3) is 0.467. The Morgan fingerprint density at radius 1 is 0.568 bits per heavy atom. The van der Waals surface area contributed by atoms with Gasteiger partial charge in [-0.1, -0.05) is 41.5 Å². The van der Waals surface area contributed by atoms with Crippen molar-refractivity contribution in [3.8, 4) is 23.0 Å². The topological polar surface area (TPSA) is 191 Å². The minimum absolute atomic E-state index is 0.00565. The highest BCUT2D eigenvalue weighted by atomic mass is 16.6. The van der Waals surface area contributed by atoms with Gasteiger partial charge in [0.25, 0.3) is 11.4 Å². The molecular formula is C30H36N2O12. The first kappa shape index (κ1) is 35.3. The Labute approximate surface area is 253 Å². The summed E-state index contributed by atoms with van der Waals surface area (Å²) in [6.45, 7) is 9.78. The largest absolute Gasteiger partial charge is 0.423 e. The monoisotopic (exact) mass is 616 g/mol. The average molecular weight is 617 g/mol. The number of nitrogens with zero attached hydrogens (tertiary/aromatic N) is 2. The number of nitro benzene ring substituents is 2. The van der Waals surface area contributed by atoms with E-state index < -0.39 is 33.7 Å². The predicted molar refractivity (Wildman–Crippen MR) is 156 cm³/mol. The molecule has 0 spiro atoms. The van der Waals surface area contributed by atoms with E-state index in [0.717, 1.165) is 12.1 Å². The molecule has 2 rings (SSSR count). The number of ether oxygens (including phenoxy) is 4. The molecule has 0 saturated heterocycles. The lowest BCUT2D eigenvalue weighted by atomic mass is 9.84. The molecule has 0 saturated carbocycles. The van der Waals surface area contributed by atoms with Crippen LogP contribution in [0, 0.1) is 32.1 Å². The average Bonchev–Trinajstić information content (AvgIpc) is 2.98. The van der Waals surface area contributed by atoms with Crippen LogP contribution in [0.25, 0.3) is 0 Å². The number of rotatable bonds is 15. The number of nitro groups is 2. The summed E-state index contributed by atoms with van der Waals surface area (Å²) in [6.07, 6.45) is 0.163. The van der Waals surface area contributed by atoms with Crippen molar-refractivity contribution in [1.29, 1.82) is 0 Å². The lowest BCUT2D eigenvalue weighted by Crippen LogP contribution is -2.17. The molecule has 0 unspecified atom stereocenters. The molecular weight excluding hydrogens is 580 g/mol. The highest BCUT2D eigenvalue weighted by molar-refractivity contribution is 5.78. The Bertz CT molecular complexity index is 1330. The van der Waals surface area contributed by atoms with Crippen molar-refractivity contribution in [2.24, 2.45) is 11.8 Å². The molecule has 14 heteroatoms. The zero-order valence-corrected chi connectivity index (χ0v) is 25.5. The molecule has 0 aliphatic rings. The second kappa shape index (κ2) is 16.1. The van der Waals surface area contributed by atoms with Gasteiger partial charge in [0.15, 0.2) is 23.0 Å². The SMILES string of the molecule is CCC(=O)Oc1cc(C[C@@H](C)[C@@H](C)Cc2cc(OC(=O)CC)c(OC(=O)CC)cc2[N+](=O)[O-])c([N+](=O)[O-])cc1OC(=O)CC. The van der Waals surface area contributed by atoms with Gasteiger partial charge in [-0.2, -0.15) is 0 Å². The number of benzene rings is 2. The van der Waals surface area contributed by atoms with Crippen LogP contribution in [0.15, 0.2) is 24.3 Å². The summed E-state index contributed by atoms with van der Waals surface area (Å²) in [6, 6.07) is 4.64. The second-order valence-corrected chi connectivity index (χ2v) is 10.0. The Morgan fingerprint density at radius 2 is 0.818 bits per heavy atom. The molecule has 2 aromatic carbocycles. The molecule has 0 fully saturated rings. The van der Waals surface area contributed by atoms with Crippen molar-refractivity contribution < 1.29 is 48.0 Å². The van der Waals surface area contributed by atoms with Crippen molar-refractivity contribution in [3.05, 3.63) is 55.6 Å². The second-order valence-electron chi connectivity index (χ2n) is 10.0. The van der Waals surface area contributed by atoms with Gasteiger partial charge in [0, 0.05) is 36.8 Å². The van der Waals surface area contributed by atoms with E-state index in [0.29, 0.717) is 0 Å². The first-order chi connectivity index (χ1) is 20.7. The number of carbonyl (C=O) groups is 4. The van der Waals surface area contributed by atoms with Crippen LogP contribution in [0.3, 0.4) is 0 Å². The van der Waals surface area contributed by atoms with Gasteiger partial charge >= 0.3 is 23.9 Å². The summed E-state index contributed by atoms with van der Waals surface area (Å²) in [5, 5.41) is 23.9. The molecule has 0 radical (unpaired) electrons. The summed E-state index contributed by atoms with van der Waals surface area (Å²) in [7, 11) is 0. The zero-order chi connectivity index (χ0) is 33.1. The normalized spacial score (nSPS) is 12.0. The highest BCUT2D eigenvalue weighted by Gasteiger charge is 2.28. The Balaban J connectivity index is 2.50. The van der Waals surface area contributed by atoms with Crippen molar-refractivity contribution in [1.82, 2.24) is 0 Å². The van der Waals surface area contributed by atoms with Crippen LogP contribution in [0.5, 0.6) is 23.0 Å². The van der Waals surface area contributed by atoms with E-state index in [1.165, 1.54) is 26.0 Å². The van der Waals surface area contributed by atoms with Crippen LogP contribution in [-0.2, 0) is 32.0 Å². The van der Waals surface area contributed by atoms with E-state index in [-0.39, 0.29) is 95.9 Å². The maximum Gasteiger partial charge on any atom is 0.311 e. The van der Waals surface area contributed by atoms with Crippen LogP contribution in [-0.4, -0.2) is 33.7 Å². The van der Waals surface area contributed by atoms with Gasteiger partial charge in [-0.3, -0.25) is 39.4 Å². The van der Waals surface area contributed by atoms with E-state index in [4.69, 9.17) is 18.9 Å². The van der Waals surface area contributed by atoms with Crippen LogP contribution >= 0.6 is 0 Å². The quantitative estimate of drug-likeness (QED) is 0.101. The first-order valence-electron chi connectivity index (χ1n) is 14.2. The first-order valence-corrected chi connectivity index (χ1v) is 14.2. The molecule has 0 amide bonds. The minimum atomic E-state index is -0.677. The number of carbonyl (C=O) groups excluding carboxylic acids is 4. The van der Waals surface area contributed by atoms with Gasteiger partial charge in [-0.05, 0) is 36.8 Å². The fourth-order valence-corrected chi connectivity index (χ4v) is 4.04. The summed E-state index contributed by atoms with van der Waals surface area (Å²) in [4.78, 5) is 70.6. The molecule has 0 N–H and O–H groups in total. The van der Waals surface area contributed by atoms with E-state index in [1.807, 2.05) is 0 Å². The molecule has 0 heterocycles. The summed E-state index contributed by atoms with van der Waals surface area (Å²) in [5.74, 6) is -4.10. The van der Waals surface area contributed by atoms with Crippen molar-refractivity contribution >= 4 is 35.3 Å². The minimum Gasteiger partial charge on any atom is -0.423 e. The predicted octanol–water partition coefficient (Wildman–Crippen LogP) is 5.82. The fourth-order valence-electron chi connectivity index (χ4n) is 4.04. The molecule has 0 aliphatic heterocycles. The van der Waals surface area contributed by atoms with Crippen molar-refractivity contribution in [3.63, 3.8) is 0 Å². The van der Waals surface area contributed by atoms with Gasteiger partial charge < -0.3 is 18.9 Å². The molecule has 0 aromatic heterocycles. The van der Waals surface area contributed by atoms with E-state index >= 15 is 0 Å². The van der Waals surface area contributed by atoms with Crippen LogP contribution in [0.2, 0.25) is 0 Å². The van der Waals surface area contributed by atoms with Gasteiger partial charge in [0.2, 0.25) is 0 Å². The number of hydrogen-bond donors (Lipinski definition) is 0. The third kappa shape index (κ3) is 9.57. The van der Waals surface area contributed by atoms with Gasteiger partial charge in [0.1, 0.15) is 0 Å². The van der Waals surface area contributed by atoms with Gasteiger partial charge in [0.05, 0.1) is 22.0 Å². The summed E-state index contributed by atoms with van der Waals surface area (Å²) >= 11 is 0. The molecule has 2 atom stereocenters. The molecule has 238 valence electrons. The van der Waals surface area contributed by atoms with Crippen LogP contribution in [0.1, 0.15) is 78.4 Å². The van der Waals surface area contributed by atoms with Gasteiger partial charge in [-0.25, -0.2) is 0 Å². The molecule has 14 nitrogen and oxygen atoms in total. The van der Waals surface area contributed by atoms with Crippen LogP contribution in [0.4, 0.5) is 11.4 Å².